The van der Waals surface area contributed by atoms with E-state index >= 15 is 0 Å². The van der Waals surface area contributed by atoms with Gasteiger partial charge in [0.2, 0.25) is 5.91 Å². The maximum absolute atomic E-state index is 11.8. The van der Waals surface area contributed by atoms with Gasteiger partial charge in [0.1, 0.15) is 6.54 Å². The van der Waals surface area contributed by atoms with Gasteiger partial charge in [0.05, 0.1) is 9.90 Å². The van der Waals surface area contributed by atoms with Crippen LogP contribution >= 0.6 is 38.5 Å². The van der Waals surface area contributed by atoms with Crippen LogP contribution in [-0.4, -0.2) is 15.5 Å². The number of carbonyl (C=O) groups is 1. The number of benzene rings is 1. The van der Waals surface area contributed by atoms with Crippen molar-refractivity contribution in [3.8, 4) is 0 Å². The van der Waals surface area contributed by atoms with Gasteiger partial charge < -0.3 is 5.32 Å². The summed E-state index contributed by atoms with van der Waals surface area (Å²) in [5, 5.41) is 2.72. The highest BCUT2D eigenvalue weighted by molar-refractivity contribution is 14.1. The van der Waals surface area contributed by atoms with Crippen LogP contribution in [0.5, 0.6) is 0 Å². The third kappa shape index (κ3) is 3.87. The molecule has 0 fully saturated rings. The lowest BCUT2D eigenvalue weighted by atomic mass is 10.3. The van der Waals surface area contributed by atoms with Crippen LogP contribution in [0.25, 0.3) is 0 Å². The first-order valence-corrected chi connectivity index (χ1v) is 7.19. The van der Waals surface area contributed by atoms with Gasteiger partial charge >= 0.3 is 0 Å². The van der Waals surface area contributed by atoms with E-state index in [1.165, 1.54) is 17.1 Å². The van der Waals surface area contributed by atoms with Crippen LogP contribution in [0.4, 0.5) is 5.69 Å². The molecule has 19 heavy (non-hydrogen) atoms. The molecule has 0 saturated carbocycles. The summed E-state index contributed by atoms with van der Waals surface area (Å²) in [6, 6.07) is 7.24. The molecule has 1 amide bonds. The zero-order chi connectivity index (χ0) is 13.8. The molecular formula is C12H9BrIN3O2. The summed E-state index contributed by atoms with van der Waals surface area (Å²) in [7, 11) is 0. The van der Waals surface area contributed by atoms with E-state index in [1.807, 2.05) is 34.7 Å². The van der Waals surface area contributed by atoms with E-state index in [-0.39, 0.29) is 18.0 Å². The average molecular weight is 434 g/mol. The third-order valence-electron chi connectivity index (χ3n) is 2.28. The van der Waals surface area contributed by atoms with E-state index in [4.69, 9.17) is 0 Å². The number of nitrogens with zero attached hydrogens (tertiary/aromatic N) is 2. The molecule has 1 aromatic carbocycles. The molecule has 98 valence electrons. The van der Waals surface area contributed by atoms with Crippen molar-refractivity contribution in [1.29, 1.82) is 0 Å². The van der Waals surface area contributed by atoms with Gasteiger partial charge in [-0.3, -0.25) is 14.2 Å². The topological polar surface area (TPSA) is 64.0 Å². The van der Waals surface area contributed by atoms with Crippen molar-refractivity contribution >= 4 is 50.1 Å². The summed E-state index contributed by atoms with van der Waals surface area (Å²) < 4.78 is 2.63. The lowest BCUT2D eigenvalue weighted by molar-refractivity contribution is -0.116. The standard InChI is InChI=1S/C12H9BrIN3O2/c13-8-2-1-3-9(4-8)16-11(18)6-17-7-15-5-10(14)12(17)19/h1-5,7H,6H2,(H,16,18). The highest BCUT2D eigenvalue weighted by Gasteiger charge is 2.07. The summed E-state index contributed by atoms with van der Waals surface area (Å²) >= 11 is 5.21. The van der Waals surface area contributed by atoms with Crippen LogP contribution in [0, 0.1) is 3.57 Å². The maximum atomic E-state index is 11.8. The SMILES string of the molecule is O=C(Cn1cncc(I)c1=O)Nc1cccc(Br)c1. The first-order chi connectivity index (χ1) is 9.06. The Kier molecular flexibility index (Phi) is 4.70. The Morgan fingerprint density at radius 3 is 3.00 bits per heavy atom. The van der Waals surface area contributed by atoms with Gasteiger partial charge in [-0.05, 0) is 40.8 Å². The molecule has 0 spiro atoms. The van der Waals surface area contributed by atoms with Gasteiger partial charge in [-0.2, -0.15) is 0 Å². The van der Waals surface area contributed by atoms with Crippen LogP contribution in [0.2, 0.25) is 0 Å². The summed E-state index contributed by atoms with van der Waals surface area (Å²) in [4.78, 5) is 27.5. The normalized spacial score (nSPS) is 10.2. The minimum Gasteiger partial charge on any atom is -0.324 e. The zero-order valence-electron chi connectivity index (χ0n) is 9.64. The number of anilines is 1. The van der Waals surface area contributed by atoms with Crippen molar-refractivity contribution in [3.05, 3.63) is 55.2 Å². The lowest BCUT2D eigenvalue weighted by Crippen LogP contribution is -2.29. The second-order valence-electron chi connectivity index (χ2n) is 3.73. The van der Waals surface area contributed by atoms with Gasteiger partial charge in [-0.25, -0.2) is 4.98 Å². The summed E-state index contributed by atoms with van der Waals surface area (Å²) in [6.45, 7) is -0.0603. The second-order valence-corrected chi connectivity index (χ2v) is 5.81. The fraction of sp³-hybridized carbons (Fsp3) is 0.0833. The number of amides is 1. The first kappa shape index (κ1) is 14.2. The van der Waals surface area contributed by atoms with Crippen LogP contribution in [-0.2, 0) is 11.3 Å². The molecule has 1 heterocycles. The van der Waals surface area contributed by atoms with Gasteiger partial charge in [0, 0.05) is 16.4 Å². The van der Waals surface area contributed by atoms with Crippen molar-refractivity contribution in [2.45, 2.75) is 6.54 Å². The molecule has 1 N–H and O–H groups in total. The van der Waals surface area contributed by atoms with E-state index in [0.29, 0.717) is 9.26 Å². The fourth-order valence-corrected chi connectivity index (χ4v) is 2.33. The predicted molar refractivity (Wildman–Crippen MR) is 84.0 cm³/mol. The van der Waals surface area contributed by atoms with Gasteiger partial charge in [-0.15, -0.1) is 0 Å². The first-order valence-electron chi connectivity index (χ1n) is 5.31. The Hall–Kier alpha value is -1.22. The molecule has 0 atom stereocenters. The molecule has 0 aliphatic rings. The maximum Gasteiger partial charge on any atom is 0.267 e. The number of hydrogen-bond donors (Lipinski definition) is 1. The molecule has 5 nitrogen and oxygen atoms in total. The van der Waals surface area contributed by atoms with E-state index in [0.717, 1.165) is 4.47 Å². The smallest absolute Gasteiger partial charge is 0.267 e. The Morgan fingerprint density at radius 2 is 2.26 bits per heavy atom. The minimum absolute atomic E-state index is 0.0603. The molecule has 0 saturated heterocycles. The Morgan fingerprint density at radius 1 is 1.47 bits per heavy atom. The van der Waals surface area contributed by atoms with Crippen LogP contribution in [0.1, 0.15) is 0 Å². The molecular weight excluding hydrogens is 425 g/mol. The van der Waals surface area contributed by atoms with Gasteiger partial charge in [0.25, 0.3) is 5.56 Å². The van der Waals surface area contributed by atoms with Crippen LogP contribution < -0.4 is 10.9 Å². The van der Waals surface area contributed by atoms with Crippen molar-refractivity contribution in [2.24, 2.45) is 0 Å². The molecule has 0 aliphatic carbocycles. The molecule has 0 aliphatic heterocycles. The quantitative estimate of drug-likeness (QED) is 0.755. The van der Waals surface area contributed by atoms with Crippen molar-refractivity contribution < 1.29 is 4.79 Å². The molecule has 0 unspecified atom stereocenters. The summed E-state index contributed by atoms with van der Waals surface area (Å²) in [5.74, 6) is -0.274. The van der Waals surface area contributed by atoms with Gasteiger partial charge in [0.15, 0.2) is 0 Å². The van der Waals surface area contributed by atoms with Gasteiger partial charge in [-0.1, -0.05) is 22.0 Å². The predicted octanol–water partition coefficient (Wildman–Crippen LogP) is 2.25. The van der Waals surface area contributed by atoms with E-state index in [2.05, 4.69) is 26.2 Å². The summed E-state index contributed by atoms with van der Waals surface area (Å²) in [6.07, 6.45) is 2.82. The average Bonchev–Trinajstić information content (AvgIpc) is 2.35. The number of nitrogens with one attached hydrogen (secondary N) is 1. The van der Waals surface area contributed by atoms with Crippen molar-refractivity contribution in [2.75, 3.05) is 5.32 Å². The number of hydrogen-bond acceptors (Lipinski definition) is 3. The Balaban J connectivity index is 2.10. The summed E-state index contributed by atoms with van der Waals surface area (Å²) in [5.41, 5.74) is 0.450. The number of aromatic nitrogens is 2. The monoisotopic (exact) mass is 433 g/mol. The molecule has 2 aromatic rings. The Bertz CT molecular complexity index is 672. The van der Waals surface area contributed by atoms with E-state index in [1.54, 1.807) is 12.1 Å². The van der Waals surface area contributed by atoms with Crippen molar-refractivity contribution in [1.82, 2.24) is 9.55 Å². The van der Waals surface area contributed by atoms with Crippen molar-refractivity contribution in [3.63, 3.8) is 0 Å². The molecule has 7 heteroatoms. The highest BCUT2D eigenvalue weighted by Crippen LogP contribution is 2.15. The number of carbonyl (C=O) groups excluding carboxylic acids is 1. The molecule has 2 rings (SSSR count). The molecule has 0 bridgehead atoms. The molecule has 1 aromatic heterocycles. The number of halogens is 2. The van der Waals surface area contributed by atoms with Crippen LogP contribution in [0.3, 0.4) is 0 Å². The zero-order valence-corrected chi connectivity index (χ0v) is 13.4. The third-order valence-corrected chi connectivity index (χ3v) is 3.51. The second kappa shape index (κ2) is 6.29. The van der Waals surface area contributed by atoms with E-state index < -0.39 is 0 Å². The highest BCUT2D eigenvalue weighted by atomic mass is 127. The Labute approximate surface area is 131 Å². The molecule has 0 radical (unpaired) electrons. The minimum atomic E-state index is -0.274. The largest absolute Gasteiger partial charge is 0.324 e. The van der Waals surface area contributed by atoms with E-state index in [9.17, 15) is 9.59 Å². The number of rotatable bonds is 3. The lowest BCUT2D eigenvalue weighted by Gasteiger charge is -2.07. The fourth-order valence-electron chi connectivity index (χ4n) is 1.46. The van der Waals surface area contributed by atoms with Crippen LogP contribution in [0.15, 0.2) is 46.1 Å².